The van der Waals surface area contributed by atoms with Crippen molar-refractivity contribution in [2.24, 2.45) is 0 Å². The van der Waals surface area contributed by atoms with E-state index in [1.165, 1.54) is 21.9 Å². The van der Waals surface area contributed by atoms with Crippen molar-refractivity contribution in [3.63, 3.8) is 0 Å². The topological polar surface area (TPSA) is 90.2 Å². The molecule has 6 aromatic rings. The molecular weight excluding hydrogens is 560 g/mol. The van der Waals surface area contributed by atoms with E-state index >= 15 is 0 Å². The van der Waals surface area contributed by atoms with Crippen LogP contribution < -0.4 is 4.74 Å². The standard InChI is InChI=1S/C40H42O5/c41-23-7-17-31-27-11-1-3-13-29(27)35(19-9-25-43)39-33(31)15-5-21-37(39)45-38-22-6-16-34-32(18-8-24-42)28-12-2-4-14-30(28)36(40(34)38)20-10-26-44/h1-6,11-16,21-22,41-44H,7-10,17-20,23-26H2. The summed E-state index contributed by atoms with van der Waals surface area (Å²) in [6.45, 7) is 0.452. The van der Waals surface area contributed by atoms with Crippen LogP contribution in [0.2, 0.25) is 0 Å². The van der Waals surface area contributed by atoms with E-state index in [2.05, 4.69) is 60.7 Å². The fraction of sp³-hybridized carbons (Fsp3) is 0.300. The summed E-state index contributed by atoms with van der Waals surface area (Å²) in [6, 6.07) is 29.4. The largest absolute Gasteiger partial charge is 0.456 e. The molecule has 0 atom stereocenters. The molecule has 232 valence electrons. The minimum Gasteiger partial charge on any atom is -0.456 e. The molecule has 0 aliphatic rings. The first-order chi connectivity index (χ1) is 22.2. The Labute approximate surface area is 264 Å². The Hall–Kier alpha value is -4.00. The van der Waals surface area contributed by atoms with Gasteiger partial charge in [-0.2, -0.15) is 0 Å². The van der Waals surface area contributed by atoms with E-state index in [-0.39, 0.29) is 26.4 Å². The number of aryl methyl sites for hydroxylation is 4. The van der Waals surface area contributed by atoms with Crippen molar-refractivity contribution in [1.82, 2.24) is 0 Å². The van der Waals surface area contributed by atoms with Crippen LogP contribution in [-0.2, 0) is 25.7 Å². The number of aliphatic hydroxyl groups is 4. The van der Waals surface area contributed by atoms with Gasteiger partial charge in [0.1, 0.15) is 11.5 Å². The molecule has 0 amide bonds. The smallest absolute Gasteiger partial charge is 0.135 e. The van der Waals surface area contributed by atoms with Gasteiger partial charge in [-0.05, 0) is 118 Å². The molecule has 5 nitrogen and oxygen atoms in total. The first-order valence-electron chi connectivity index (χ1n) is 16.2. The zero-order chi connectivity index (χ0) is 31.2. The molecule has 0 spiro atoms. The van der Waals surface area contributed by atoms with Gasteiger partial charge in [0.2, 0.25) is 0 Å². The fourth-order valence-electron chi connectivity index (χ4n) is 7.14. The van der Waals surface area contributed by atoms with Gasteiger partial charge in [-0.25, -0.2) is 0 Å². The highest BCUT2D eigenvalue weighted by Gasteiger charge is 2.21. The molecular formula is C40H42O5. The molecule has 0 saturated heterocycles. The highest BCUT2D eigenvalue weighted by Crippen LogP contribution is 2.44. The van der Waals surface area contributed by atoms with Crippen LogP contribution in [0.25, 0.3) is 43.1 Å². The predicted octanol–water partition coefficient (Wildman–Crippen LogP) is 7.79. The molecule has 0 heterocycles. The maximum absolute atomic E-state index is 9.85. The molecule has 6 rings (SSSR count). The molecule has 0 aliphatic heterocycles. The Morgan fingerprint density at radius 2 is 0.667 bits per heavy atom. The van der Waals surface area contributed by atoms with E-state index in [1.54, 1.807) is 0 Å². The molecule has 0 unspecified atom stereocenters. The Bertz CT molecular complexity index is 1800. The Balaban J connectivity index is 1.64. The average Bonchev–Trinajstić information content (AvgIpc) is 3.08. The lowest BCUT2D eigenvalue weighted by Gasteiger charge is -2.22. The van der Waals surface area contributed by atoms with Gasteiger partial charge in [0, 0.05) is 37.2 Å². The highest BCUT2D eigenvalue weighted by molar-refractivity contribution is 6.10. The number of rotatable bonds is 14. The fourth-order valence-corrected chi connectivity index (χ4v) is 7.14. The van der Waals surface area contributed by atoms with Gasteiger partial charge in [-0.3, -0.25) is 0 Å². The van der Waals surface area contributed by atoms with Crippen molar-refractivity contribution in [1.29, 1.82) is 0 Å². The molecule has 0 fully saturated rings. The summed E-state index contributed by atoms with van der Waals surface area (Å²) >= 11 is 0. The second kappa shape index (κ2) is 14.4. The normalized spacial score (nSPS) is 11.7. The maximum atomic E-state index is 9.85. The number of hydrogen-bond donors (Lipinski definition) is 4. The number of hydrogen-bond acceptors (Lipinski definition) is 5. The molecule has 0 saturated carbocycles. The van der Waals surface area contributed by atoms with Crippen molar-refractivity contribution >= 4 is 43.1 Å². The second-order valence-corrected chi connectivity index (χ2v) is 11.8. The van der Waals surface area contributed by atoms with Gasteiger partial charge in [0.05, 0.1) is 0 Å². The van der Waals surface area contributed by atoms with Crippen LogP contribution in [0, 0.1) is 0 Å². The summed E-state index contributed by atoms with van der Waals surface area (Å²) < 4.78 is 7.04. The Morgan fingerprint density at radius 1 is 0.356 bits per heavy atom. The van der Waals surface area contributed by atoms with Crippen LogP contribution in [-0.4, -0.2) is 46.9 Å². The van der Waals surface area contributed by atoms with Crippen molar-refractivity contribution < 1.29 is 25.2 Å². The van der Waals surface area contributed by atoms with E-state index in [9.17, 15) is 20.4 Å². The van der Waals surface area contributed by atoms with Gasteiger partial charge in [0.25, 0.3) is 0 Å². The number of benzene rings is 6. The van der Waals surface area contributed by atoms with Crippen LogP contribution in [0.4, 0.5) is 0 Å². The molecule has 0 aliphatic carbocycles. The Morgan fingerprint density at radius 3 is 1.02 bits per heavy atom. The lowest BCUT2D eigenvalue weighted by atomic mass is 9.87. The van der Waals surface area contributed by atoms with Gasteiger partial charge < -0.3 is 25.2 Å². The number of fused-ring (bicyclic) bond motifs is 4. The van der Waals surface area contributed by atoms with E-state index in [1.807, 2.05) is 24.3 Å². The molecule has 0 bridgehead atoms. The van der Waals surface area contributed by atoms with Crippen molar-refractivity contribution in [2.75, 3.05) is 26.4 Å². The maximum Gasteiger partial charge on any atom is 0.135 e. The highest BCUT2D eigenvalue weighted by atomic mass is 16.5. The minimum atomic E-state index is 0.104. The molecule has 4 N–H and O–H groups in total. The van der Waals surface area contributed by atoms with Crippen molar-refractivity contribution in [3.05, 3.63) is 107 Å². The molecule has 45 heavy (non-hydrogen) atoms. The SMILES string of the molecule is OCCCc1c2ccccc2c(CCCO)c2c(Oc3cccc4c(CCCO)c5ccccc5c(CCCO)c34)cccc12. The van der Waals surface area contributed by atoms with Crippen LogP contribution in [0.15, 0.2) is 84.9 Å². The van der Waals surface area contributed by atoms with Gasteiger partial charge in [-0.15, -0.1) is 0 Å². The zero-order valence-corrected chi connectivity index (χ0v) is 25.8. The first kappa shape index (κ1) is 31.0. The summed E-state index contributed by atoms with van der Waals surface area (Å²) in [7, 11) is 0. The van der Waals surface area contributed by atoms with E-state index < -0.39 is 0 Å². The third-order valence-electron chi connectivity index (χ3n) is 9.02. The molecule has 6 aromatic carbocycles. The van der Waals surface area contributed by atoms with Crippen LogP contribution in [0.1, 0.15) is 47.9 Å². The summed E-state index contributed by atoms with van der Waals surface area (Å²) in [6.07, 6.45) is 5.53. The predicted molar refractivity (Wildman–Crippen MR) is 185 cm³/mol. The van der Waals surface area contributed by atoms with E-state index in [4.69, 9.17) is 4.74 Å². The first-order valence-corrected chi connectivity index (χ1v) is 16.2. The lowest BCUT2D eigenvalue weighted by molar-refractivity contribution is 0.288. The third-order valence-corrected chi connectivity index (χ3v) is 9.02. The molecule has 5 heteroatoms. The summed E-state index contributed by atoms with van der Waals surface area (Å²) in [5.74, 6) is 1.53. The van der Waals surface area contributed by atoms with Gasteiger partial charge in [0.15, 0.2) is 0 Å². The van der Waals surface area contributed by atoms with Crippen LogP contribution >= 0.6 is 0 Å². The second-order valence-electron chi connectivity index (χ2n) is 11.8. The quantitative estimate of drug-likeness (QED) is 0.0956. The average molecular weight is 603 g/mol. The van der Waals surface area contributed by atoms with Crippen LogP contribution in [0.5, 0.6) is 11.5 Å². The van der Waals surface area contributed by atoms with Gasteiger partial charge in [-0.1, -0.05) is 72.8 Å². The van der Waals surface area contributed by atoms with E-state index in [0.29, 0.717) is 38.5 Å². The van der Waals surface area contributed by atoms with Crippen molar-refractivity contribution in [3.8, 4) is 11.5 Å². The minimum absolute atomic E-state index is 0.104. The summed E-state index contributed by atoms with van der Waals surface area (Å²) in [4.78, 5) is 0. The monoisotopic (exact) mass is 602 g/mol. The zero-order valence-electron chi connectivity index (χ0n) is 25.8. The van der Waals surface area contributed by atoms with E-state index in [0.717, 1.165) is 67.8 Å². The summed E-state index contributed by atoms with van der Waals surface area (Å²) in [5, 5.41) is 48.2. The summed E-state index contributed by atoms with van der Waals surface area (Å²) in [5.41, 5.74) is 4.72. The Kier molecular flexibility index (Phi) is 9.92. The van der Waals surface area contributed by atoms with Crippen molar-refractivity contribution in [2.45, 2.75) is 51.4 Å². The molecule has 0 aromatic heterocycles. The molecule has 0 radical (unpaired) electrons. The third kappa shape index (κ3) is 6.01. The van der Waals surface area contributed by atoms with Crippen LogP contribution in [0.3, 0.4) is 0 Å². The number of aliphatic hydroxyl groups excluding tert-OH is 4. The lowest BCUT2D eigenvalue weighted by Crippen LogP contribution is -2.02. The van der Waals surface area contributed by atoms with Gasteiger partial charge >= 0.3 is 0 Å². The number of ether oxygens (including phenoxy) is 1.